The summed E-state index contributed by atoms with van der Waals surface area (Å²) in [6.45, 7) is 4.08. The van der Waals surface area contributed by atoms with Crippen molar-refractivity contribution < 1.29 is 4.74 Å². The molecule has 1 unspecified atom stereocenters. The fraction of sp³-hybridized carbons (Fsp3) is 0.294. The summed E-state index contributed by atoms with van der Waals surface area (Å²) in [5, 5.41) is 3.38. The fourth-order valence-corrected chi connectivity index (χ4v) is 3.57. The van der Waals surface area contributed by atoms with Crippen LogP contribution in [0.1, 0.15) is 31.0 Å². The zero-order valence-corrected chi connectivity index (χ0v) is 15.5. The molecule has 1 N–H and O–H groups in total. The minimum atomic E-state index is 0.0717. The van der Waals surface area contributed by atoms with Crippen LogP contribution in [0.25, 0.3) is 0 Å². The maximum absolute atomic E-state index is 5.95. The average molecular weight is 413 g/mol. The molecule has 0 radical (unpaired) electrons. The Hall–Kier alpha value is -0.840. The van der Waals surface area contributed by atoms with Gasteiger partial charge in [0.15, 0.2) is 0 Å². The highest BCUT2D eigenvalue weighted by Gasteiger charge is 2.19. The summed E-state index contributed by atoms with van der Waals surface area (Å²) in [5.41, 5.74) is 2.32. The predicted molar refractivity (Wildman–Crippen MR) is 95.0 cm³/mol. The summed E-state index contributed by atoms with van der Waals surface area (Å²) in [5.74, 6) is 0.918. The molecule has 4 heteroatoms. The first-order valence-corrected chi connectivity index (χ1v) is 8.49. The van der Waals surface area contributed by atoms with Gasteiger partial charge in [0.2, 0.25) is 0 Å². The largest absolute Gasteiger partial charge is 0.491 e. The lowest BCUT2D eigenvalue weighted by molar-refractivity contribution is 0.238. The van der Waals surface area contributed by atoms with Crippen molar-refractivity contribution in [3.05, 3.63) is 62.5 Å². The lowest BCUT2D eigenvalue weighted by atomic mass is 9.98. The van der Waals surface area contributed by atoms with Crippen molar-refractivity contribution in [2.24, 2.45) is 0 Å². The Morgan fingerprint density at radius 1 is 1.00 bits per heavy atom. The highest BCUT2D eigenvalue weighted by Crippen LogP contribution is 2.35. The molecule has 0 spiro atoms. The van der Waals surface area contributed by atoms with Crippen molar-refractivity contribution in [1.29, 1.82) is 0 Å². The molecule has 0 aromatic heterocycles. The third-order valence-electron chi connectivity index (χ3n) is 3.15. The van der Waals surface area contributed by atoms with Crippen molar-refractivity contribution in [3.8, 4) is 5.75 Å². The van der Waals surface area contributed by atoms with E-state index < -0.39 is 0 Å². The van der Waals surface area contributed by atoms with Gasteiger partial charge in [-0.25, -0.2) is 0 Å². The molecule has 0 heterocycles. The van der Waals surface area contributed by atoms with Crippen molar-refractivity contribution in [1.82, 2.24) is 5.32 Å². The van der Waals surface area contributed by atoms with Crippen LogP contribution in [0, 0.1) is 0 Å². The number of halogens is 2. The fourth-order valence-electron chi connectivity index (χ4n) is 2.29. The third-order valence-corrected chi connectivity index (χ3v) is 4.33. The van der Waals surface area contributed by atoms with Crippen LogP contribution in [0.5, 0.6) is 5.75 Å². The maximum atomic E-state index is 5.95. The number of hydrogen-bond acceptors (Lipinski definition) is 2. The van der Waals surface area contributed by atoms with Gasteiger partial charge in [-0.05, 0) is 44.7 Å². The third kappa shape index (κ3) is 4.09. The quantitative estimate of drug-likeness (QED) is 0.718. The van der Waals surface area contributed by atoms with Crippen LogP contribution < -0.4 is 10.1 Å². The van der Waals surface area contributed by atoms with Crippen LogP contribution in [0.15, 0.2) is 51.4 Å². The second-order valence-corrected chi connectivity index (χ2v) is 6.86. The van der Waals surface area contributed by atoms with Gasteiger partial charge in [0, 0.05) is 14.5 Å². The Bertz CT molecular complexity index is 613. The molecule has 2 nitrogen and oxygen atoms in total. The Kier molecular flexibility index (Phi) is 5.85. The van der Waals surface area contributed by atoms with E-state index in [0.717, 1.165) is 20.3 Å². The first kappa shape index (κ1) is 16.5. The summed E-state index contributed by atoms with van der Waals surface area (Å²) in [7, 11) is 1.96. The number of rotatable bonds is 5. The molecule has 0 aliphatic rings. The van der Waals surface area contributed by atoms with Gasteiger partial charge < -0.3 is 10.1 Å². The summed E-state index contributed by atoms with van der Waals surface area (Å²) in [6, 6.07) is 14.5. The number of hydrogen-bond donors (Lipinski definition) is 1. The highest BCUT2D eigenvalue weighted by molar-refractivity contribution is 9.11. The molecule has 0 fully saturated rings. The molecule has 0 aliphatic heterocycles. The highest BCUT2D eigenvalue weighted by atomic mass is 79.9. The van der Waals surface area contributed by atoms with Gasteiger partial charge >= 0.3 is 0 Å². The Balaban J connectivity index is 2.46. The van der Waals surface area contributed by atoms with Gasteiger partial charge in [0.05, 0.1) is 12.1 Å². The smallest absolute Gasteiger partial charge is 0.124 e. The van der Waals surface area contributed by atoms with Crippen molar-refractivity contribution in [2.45, 2.75) is 26.0 Å². The molecule has 0 aliphatic carbocycles. The topological polar surface area (TPSA) is 21.3 Å². The van der Waals surface area contributed by atoms with E-state index in [1.165, 1.54) is 5.56 Å². The lowest BCUT2D eigenvalue weighted by Gasteiger charge is -2.23. The summed E-state index contributed by atoms with van der Waals surface area (Å²) < 4.78 is 8.07. The molecule has 112 valence electrons. The standard InChI is InChI=1S/C17H19Br2NO/c1-11(2)21-16-7-5-4-6-14(16)17(20-3)13-9-8-12(18)10-15(13)19/h4-11,17,20H,1-3H3. The molecule has 2 aromatic carbocycles. The molecular weight excluding hydrogens is 394 g/mol. The molecule has 2 rings (SSSR count). The van der Waals surface area contributed by atoms with E-state index >= 15 is 0 Å². The maximum Gasteiger partial charge on any atom is 0.124 e. The monoisotopic (exact) mass is 411 g/mol. The van der Waals surface area contributed by atoms with Crippen LogP contribution in [0.4, 0.5) is 0 Å². The molecular formula is C17H19Br2NO. The normalized spacial score (nSPS) is 12.5. The van der Waals surface area contributed by atoms with Crippen molar-refractivity contribution in [2.75, 3.05) is 7.05 Å². The number of para-hydroxylation sites is 1. The Morgan fingerprint density at radius 3 is 2.33 bits per heavy atom. The zero-order valence-electron chi connectivity index (χ0n) is 12.4. The van der Waals surface area contributed by atoms with Crippen LogP contribution in [-0.4, -0.2) is 13.2 Å². The van der Waals surface area contributed by atoms with Gasteiger partial charge in [0.1, 0.15) is 5.75 Å². The zero-order chi connectivity index (χ0) is 15.4. The second-order valence-electron chi connectivity index (χ2n) is 5.09. The second kappa shape index (κ2) is 7.43. The van der Waals surface area contributed by atoms with E-state index in [1.807, 2.05) is 39.1 Å². The SMILES string of the molecule is CNC(c1ccc(Br)cc1Br)c1ccccc1OC(C)C. The minimum absolute atomic E-state index is 0.0717. The first-order valence-electron chi connectivity index (χ1n) is 6.90. The van der Waals surface area contributed by atoms with Crippen LogP contribution in [-0.2, 0) is 0 Å². The summed E-state index contributed by atoms with van der Waals surface area (Å²) in [4.78, 5) is 0. The predicted octanol–water partition coefficient (Wildman–Crippen LogP) is 5.31. The first-order chi connectivity index (χ1) is 10.0. The van der Waals surface area contributed by atoms with E-state index in [0.29, 0.717) is 0 Å². The molecule has 0 bridgehead atoms. The molecule has 0 saturated carbocycles. The van der Waals surface area contributed by atoms with Crippen LogP contribution >= 0.6 is 31.9 Å². The lowest BCUT2D eigenvalue weighted by Crippen LogP contribution is -2.20. The van der Waals surface area contributed by atoms with E-state index in [2.05, 4.69) is 61.4 Å². The summed E-state index contributed by atoms with van der Waals surface area (Å²) in [6.07, 6.45) is 0.150. The van der Waals surface area contributed by atoms with Gasteiger partial charge in [-0.15, -0.1) is 0 Å². The summed E-state index contributed by atoms with van der Waals surface area (Å²) >= 11 is 7.15. The molecule has 2 aromatic rings. The minimum Gasteiger partial charge on any atom is -0.491 e. The molecule has 0 saturated heterocycles. The van der Waals surface area contributed by atoms with Crippen molar-refractivity contribution in [3.63, 3.8) is 0 Å². The molecule has 0 amide bonds. The van der Waals surface area contributed by atoms with E-state index in [1.54, 1.807) is 0 Å². The number of nitrogens with one attached hydrogen (secondary N) is 1. The van der Waals surface area contributed by atoms with Gasteiger partial charge in [-0.2, -0.15) is 0 Å². The van der Waals surface area contributed by atoms with Gasteiger partial charge in [-0.3, -0.25) is 0 Å². The van der Waals surface area contributed by atoms with Crippen molar-refractivity contribution >= 4 is 31.9 Å². The molecule has 21 heavy (non-hydrogen) atoms. The number of ether oxygens (including phenoxy) is 1. The van der Waals surface area contributed by atoms with E-state index in [4.69, 9.17) is 4.74 Å². The Labute approximate surface area is 143 Å². The van der Waals surface area contributed by atoms with Gasteiger partial charge in [0.25, 0.3) is 0 Å². The molecule has 1 atom stereocenters. The van der Waals surface area contributed by atoms with Crippen LogP contribution in [0.3, 0.4) is 0 Å². The van der Waals surface area contributed by atoms with Crippen LogP contribution in [0.2, 0.25) is 0 Å². The van der Waals surface area contributed by atoms with E-state index in [9.17, 15) is 0 Å². The average Bonchev–Trinajstić information content (AvgIpc) is 2.43. The number of benzene rings is 2. The van der Waals surface area contributed by atoms with E-state index in [-0.39, 0.29) is 12.1 Å². The Morgan fingerprint density at radius 2 is 1.71 bits per heavy atom. The van der Waals surface area contributed by atoms with Gasteiger partial charge in [-0.1, -0.05) is 56.1 Å².